The fourth-order valence-corrected chi connectivity index (χ4v) is 2.63. The summed E-state index contributed by atoms with van der Waals surface area (Å²) in [5.41, 5.74) is -1.20. The maximum Gasteiger partial charge on any atom is 0.0861 e. The van der Waals surface area contributed by atoms with Gasteiger partial charge in [0.2, 0.25) is 0 Å². The van der Waals surface area contributed by atoms with Crippen molar-refractivity contribution in [1.82, 2.24) is 5.32 Å². The Labute approximate surface area is 85.1 Å². The molecule has 0 spiro atoms. The number of piperidine rings is 1. The highest BCUT2D eigenvalue weighted by atomic mass is 16.3. The molecule has 0 aromatic carbocycles. The lowest BCUT2D eigenvalue weighted by atomic mass is 9.72. The predicted molar refractivity (Wildman–Crippen MR) is 53.5 cm³/mol. The fourth-order valence-electron chi connectivity index (χ4n) is 2.63. The minimum Gasteiger partial charge on any atom is -0.388 e. The van der Waals surface area contributed by atoms with E-state index in [0.29, 0.717) is 5.92 Å². The highest BCUT2D eigenvalue weighted by Gasteiger charge is 2.59. The van der Waals surface area contributed by atoms with E-state index in [1.807, 2.05) is 6.92 Å². The second-order valence-electron chi connectivity index (χ2n) is 4.87. The first-order valence-corrected chi connectivity index (χ1v) is 5.47. The number of hydrogen-bond donors (Lipinski definition) is 2. The minimum absolute atomic E-state index is 0.297. The van der Waals surface area contributed by atoms with E-state index in [1.165, 1.54) is 0 Å². The van der Waals surface area contributed by atoms with E-state index in [0.717, 1.165) is 38.8 Å². The van der Waals surface area contributed by atoms with Gasteiger partial charge >= 0.3 is 0 Å². The molecule has 3 nitrogen and oxygen atoms in total. The summed E-state index contributed by atoms with van der Waals surface area (Å²) < 4.78 is 0. The third-order valence-corrected chi connectivity index (χ3v) is 4.07. The summed E-state index contributed by atoms with van der Waals surface area (Å²) in [4.78, 5) is 0. The van der Waals surface area contributed by atoms with Crippen molar-refractivity contribution in [3.8, 4) is 6.07 Å². The van der Waals surface area contributed by atoms with Gasteiger partial charge in [-0.2, -0.15) is 5.26 Å². The molecule has 0 bridgehead atoms. The van der Waals surface area contributed by atoms with Crippen LogP contribution >= 0.6 is 0 Å². The summed E-state index contributed by atoms with van der Waals surface area (Å²) in [5.74, 6) is 0.297. The van der Waals surface area contributed by atoms with Crippen molar-refractivity contribution in [2.45, 2.75) is 38.2 Å². The van der Waals surface area contributed by atoms with E-state index in [2.05, 4.69) is 11.4 Å². The van der Waals surface area contributed by atoms with E-state index in [1.54, 1.807) is 0 Å². The zero-order valence-electron chi connectivity index (χ0n) is 8.71. The lowest BCUT2D eigenvalue weighted by molar-refractivity contribution is -0.0565. The molecule has 1 heterocycles. The number of nitrogens with zero attached hydrogens (tertiary/aromatic N) is 1. The minimum atomic E-state index is -0.774. The molecule has 0 radical (unpaired) electrons. The van der Waals surface area contributed by atoms with E-state index in [-0.39, 0.29) is 0 Å². The molecule has 14 heavy (non-hydrogen) atoms. The van der Waals surface area contributed by atoms with Crippen LogP contribution in [0.1, 0.15) is 32.6 Å². The Morgan fingerprint density at radius 1 is 1.43 bits per heavy atom. The van der Waals surface area contributed by atoms with Crippen molar-refractivity contribution in [1.29, 1.82) is 5.26 Å². The smallest absolute Gasteiger partial charge is 0.0861 e. The third kappa shape index (κ3) is 1.34. The van der Waals surface area contributed by atoms with Crippen molar-refractivity contribution in [3.05, 3.63) is 0 Å². The standard InChI is InChI=1S/C11H18N2O/c1-10(14,11(8-12)4-5-11)9-2-6-13-7-3-9/h9,13-14H,2-7H2,1H3. The van der Waals surface area contributed by atoms with Gasteiger partial charge < -0.3 is 10.4 Å². The maximum atomic E-state index is 10.5. The van der Waals surface area contributed by atoms with Crippen LogP contribution in [-0.4, -0.2) is 23.8 Å². The Bertz CT molecular complexity index is 257. The number of rotatable bonds is 2. The second kappa shape index (κ2) is 3.22. The van der Waals surface area contributed by atoms with Gasteiger partial charge in [0.15, 0.2) is 0 Å². The van der Waals surface area contributed by atoms with Crippen molar-refractivity contribution in [2.24, 2.45) is 11.3 Å². The molecule has 0 aromatic heterocycles. The summed E-state index contributed by atoms with van der Waals surface area (Å²) in [6, 6.07) is 2.32. The molecule has 0 amide bonds. The Morgan fingerprint density at radius 2 is 2.00 bits per heavy atom. The van der Waals surface area contributed by atoms with E-state index in [4.69, 9.17) is 5.26 Å². The molecule has 1 aliphatic heterocycles. The first kappa shape index (κ1) is 9.95. The van der Waals surface area contributed by atoms with Gasteiger partial charge in [0, 0.05) is 0 Å². The number of nitriles is 1. The molecular weight excluding hydrogens is 176 g/mol. The lowest BCUT2D eigenvalue weighted by Gasteiger charge is -2.39. The number of nitrogens with one attached hydrogen (secondary N) is 1. The van der Waals surface area contributed by atoms with Crippen molar-refractivity contribution < 1.29 is 5.11 Å². The lowest BCUT2D eigenvalue weighted by Crippen LogP contribution is -2.47. The van der Waals surface area contributed by atoms with Crippen LogP contribution in [0.25, 0.3) is 0 Å². The van der Waals surface area contributed by atoms with Crippen LogP contribution in [0.3, 0.4) is 0 Å². The van der Waals surface area contributed by atoms with E-state index in [9.17, 15) is 5.11 Å². The summed E-state index contributed by atoms with van der Waals surface area (Å²) in [7, 11) is 0. The molecule has 1 aliphatic carbocycles. The number of aliphatic hydroxyl groups is 1. The zero-order valence-corrected chi connectivity index (χ0v) is 8.71. The Morgan fingerprint density at radius 3 is 2.43 bits per heavy atom. The third-order valence-electron chi connectivity index (χ3n) is 4.07. The highest BCUT2D eigenvalue weighted by molar-refractivity contribution is 5.20. The molecule has 1 unspecified atom stereocenters. The molecule has 1 saturated carbocycles. The predicted octanol–water partition coefficient (Wildman–Crippen LogP) is 1.04. The Kier molecular flexibility index (Phi) is 2.29. The molecule has 2 N–H and O–H groups in total. The van der Waals surface area contributed by atoms with Gasteiger partial charge in [0.1, 0.15) is 0 Å². The van der Waals surface area contributed by atoms with Crippen LogP contribution in [0, 0.1) is 22.7 Å². The molecule has 2 fully saturated rings. The van der Waals surface area contributed by atoms with Gasteiger partial charge in [0.05, 0.1) is 17.1 Å². The van der Waals surface area contributed by atoms with E-state index < -0.39 is 11.0 Å². The van der Waals surface area contributed by atoms with Gasteiger partial charge in [-0.3, -0.25) is 0 Å². The quantitative estimate of drug-likeness (QED) is 0.690. The molecule has 78 valence electrons. The molecule has 2 aliphatic rings. The van der Waals surface area contributed by atoms with Gasteiger partial charge in [0.25, 0.3) is 0 Å². The maximum absolute atomic E-state index is 10.5. The van der Waals surface area contributed by atoms with Gasteiger partial charge in [-0.15, -0.1) is 0 Å². The van der Waals surface area contributed by atoms with Gasteiger partial charge in [-0.1, -0.05) is 0 Å². The van der Waals surface area contributed by atoms with Crippen LogP contribution in [0.15, 0.2) is 0 Å². The molecular formula is C11H18N2O. The summed E-state index contributed by atoms with van der Waals surface area (Å²) in [5, 5.41) is 22.9. The summed E-state index contributed by atoms with van der Waals surface area (Å²) in [6.45, 7) is 3.81. The largest absolute Gasteiger partial charge is 0.388 e. The fraction of sp³-hybridized carbons (Fsp3) is 0.909. The Balaban J connectivity index is 2.11. The average molecular weight is 194 g/mol. The SMILES string of the molecule is CC(O)(C1CCNCC1)C1(C#N)CC1. The molecule has 0 aromatic rings. The average Bonchev–Trinajstić information content (AvgIpc) is 3.00. The topological polar surface area (TPSA) is 56.0 Å². The summed E-state index contributed by atoms with van der Waals surface area (Å²) >= 11 is 0. The van der Waals surface area contributed by atoms with Crippen molar-refractivity contribution >= 4 is 0 Å². The Hall–Kier alpha value is -0.590. The zero-order chi connectivity index (χ0) is 10.2. The van der Waals surface area contributed by atoms with Crippen LogP contribution < -0.4 is 5.32 Å². The highest BCUT2D eigenvalue weighted by Crippen LogP contribution is 2.57. The van der Waals surface area contributed by atoms with Gasteiger partial charge in [-0.25, -0.2) is 0 Å². The van der Waals surface area contributed by atoms with Crippen LogP contribution in [0.5, 0.6) is 0 Å². The molecule has 1 atom stereocenters. The normalized spacial score (nSPS) is 30.4. The molecule has 2 rings (SSSR count). The first-order valence-electron chi connectivity index (χ1n) is 5.47. The van der Waals surface area contributed by atoms with Crippen molar-refractivity contribution in [2.75, 3.05) is 13.1 Å². The number of hydrogen-bond acceptors (Lipinski definition) is 3. The van der Waals surface area contributed by atoms with Gasteiger partial charge in [-0.05, 0) is 51.6 Å². The van der Waals surface area contributed by atoms with Crippen LogP contribution in [0.4, 0.5) is 0 Å². The van der Waals surface area contributed by atoms with Crippen LogP contribution in [0.2, 0.25) is 0 Å². The summed E-state index contributed by atoms with van der Waals surface area (Å²) in [6.07, 6.45) is 3.74. The second-order valence-corrected chi connectivity index (χ2v) is 4.87. The monoisotopic (exact) mass is 194 g/mol. The molecule has 3 heteroatoms. The molecule has 1 saturated heterocycles. The van der Waals surface area contributed by atoms with Crippen molar-refractivity contribution in [3.63, 3.8) is 0 Å². The van der Waals surface area contributed by atoms with Crippen LogP contribution in [-0.2, 0) is 0 Å². The first-order chi connectivity index (χ1) is 6.62. The van der Waals surface area contributed by atoms with E-state index >= 15 is 0 Å².